The highest BCUT2D eigenvalue weighted by atomic mass is 16.5. The molecule has 374 valence electrons. The largest absolute Gasteiger partial charge is 0.497 e. The maximum atomic E-state index is 13.4. The number of piperazine rings is 2. The molecule has 10 rings (SSSR count). The van der Waals surface area contributed by atoms with Crippen molar-refractivity contribution in [3.8, 4) is 33.8 Å². The summed E-state index contributed by atoms with van der Waals surface area (Å²) < 4.78 is 20.0. The van der Waals surface area contributed by atoms with Gasteiger partial charge in [-0.15, -0.1) is 0 Å². The monoisotopic (exact) mass is 963 g/mol. The summed E-state index contributed by atoms with van der Waals surface area (Å²) in [6.45, 7) is 20.4. The number of ether oxygens (including phenoxy) is 3. The molecule has 4 saturated heterocycles. The van der Waals surface area contributed by atoms with Gasteiger partial charge in [-0.25, -0.2) is 0 Å². The molecular formula is C56H70N10O5. The van der Waals surface area contributed by atoms with E-state index in [4.69, 9.17) is 14.2 Å². The highest BCUT2D eigenvalue weighted by molar-refractivity contribution is 5.97. The van der Waals surface area contributed by atoms with Crippen LogP contribution in [0, 0.1) is 19.8 Å². The SMILES string of the molecule is CCN1CC2C1CN2c1ccc(C)c(C(=O)NC(C)c2cc(OC)cc(-c3cnn(C)c3)c2)c1.COc1cc(-c2cnn(C)c2)cc(C(C)NC(=O)c2cc(N3CCN(CC4COC4)CC3)ccc2C)c1. The number of aromatic nitrogens is 4. The van der Waals surface area contributed by atoms with E-state index >= 15 is 0 Å². The van der Waals surface area contributed by atoms with Crippen molar-refractivity contribution in [2.45, 2.75) is 58.8 Å². The zero-order valence-electron chi connectivity index (χ0n) is 42.8. The Kier molecular flexibility index (Phi) is 14.8. The van der Waals surface area contributed by atoms with Crippen LogP contribution in [0.5, 0.6) is 11.5 Å². The predicted octanol–water partition coefficient (Wildman–Crippen LogP) is 7.45. The van der Waals surface area contributed by atoms with Crippen LogP contribution in [0.1, 0.15) is 75.8 Å². The van der Waals surface area contributed by atoms with Crippen LogP contribution in [0.3, 0.4) is 0 Å². The Hall–Kier alpha value is -6.68. The molecule has 2 aromatic heterocycles. The van der Waals surface area contributed by atoms with E-state index in [0.29, 0.717) is 23.6 Å². The van der Waals surface area contributed by atoms with Gasteiger partial charge in [-0.1, -0.05) is 19.1 Å². The van der Waals surface area contributed by atoms with Crippen molar-refractivity contribution in [2.75, 3.05) is 89.6 Å². The summed E-state index contributed by atoms with van der Waals surface area (Å²) in [7, 11) is 7.11. The highest BCUT2D eigenvalue weighted by Gasteiger charge is 2.50. The minimum Gasteiger partial charge on any atom is -0.497 e. The molecule has 0 saturated carbocycles. The molecule has 15 nitrogen and oxygen atoms in total. The van der Waals surface area contributed by atoms with Crippen molar-refractivity contribution in [1.29, 1.82) is 0 Å². The van der Waals surface area contributed by atoms with E-state index in [1.807, 2.05) is 96.9 Å². The number of likely N-dealkylation sites (tertiary alicyclic amines) is 1. The summed E-state index contributed by atoms with van der Waals surface area (Å²) in [4.78, 5) is 36.6. The van der Waals surface area contributed by atoms with Gasteiger partial charge >= 0.3 is 0 Å². The Morgan fingerprint density at radius 3 is 1.63 bits per heavy atom. The predicted molar refractivity (Wildman–Crippen MR) is 280 cm³/mol. The number of rotatable bonds is 15. The van der Waals surface area contributed by atoms with Crippen molar-refractivity contribution in [3.05, 3.63) is 131 Å². The van der Waals surface area contributed by atoms with Gasteiger partial charge in [0.2, 0.25) is 0 Å². The fourth-order valence-corrected chi connectivity index (χ4v) is 10.2. The number of carbonyl (C=O) groups is 2. The Morgan fingerprint density at radius 1 is 0.676 bits per heavy atom. The molecule has 2 N–H and O–H groups in total. The number of benzene rings is 4. The summed E-state index contributed by atoms with van der Waals surface area (Å²) in [6, 6.07) is 25.5. The molecule has 4 atom stereocenters. The van der Waals surface area contributed by atoms with Crippen molar-refractivity contribution < 1.29 is 23.8 Å². The van der Waals surface area contributed by atoms with Gasteiger partial charge in [0.15, 0.2) is 0 Å². The lowest BCUT2D eigenvalue weighted by Crippen LogP contribution is -2.78. The van der Waals surface area contributed by atoms with Crippen LogP contribution in [-0.4, -0.2) is 133 Å². The lowest BCUT2D eigenvalue weighted by Gasteiger charge is -2.63. The molecule has 15 heteroatoms. The molecule has 6 heterocycles. The fraction of sp³-hybridized carbons (Fsp3) is 0.429. The first kappa shape index (κ1) is 49.3. The van der Waals surface area contributed by atoms with Gasteiger partial charge in [0.1, 0.15) is 11.5 Å². The summed E-state index contributed by atoms with van der Waals surface area (Å²) in [6.07, 6.45) is 7.61. The Labute approximate surface area is 418 Å². The number of nitrogens with one attached hydrogen (secondary N) is 2. The van der Waals surface area contributed by atoms with Gasteiger partial charge in [0, 0.05) is 118 Å². The molecule has 0 radical (unpaired) electrons. The van der Waals surface area contributed by atoms with E-state index in [1.54, 1.807) is 23.6 Å². The van der Waals surface area contributed by atoms with Gasteiger partial charge in [-0.3, -0.25) is 28.8 Å². The zero-order valence-corrected chi connectivity index (χ0v) is 42.8. The molecule has 0 aliphatic carbocycles. The van der Waals surface area contributed by atoms with Crippen LogP contribution in [0.2, 0.25) is 0 Å². The number of amides is 2. The van der Waals surface area contributed by atoms with Gasteiger partial charge in [0.25, 0.3) is 11.8 Å². The molecular weight excluding hydrogens is 893 g/mol. The van der Waals surface area contributed by atoms with Crippen molar-refractivity contribution in [2.24, 2.45) is 20.0 Å². The standard InChI is InChI=1S/C29H37N5O3.C27H33N5O2/c1-20-5-6-26(34-9-7-33(8-10-34)16-22-18-37-19-22)14-28(20)29(35)31-21(2)23-11-24(13-27(12-23)36-4)25-15-30-32(3)17-25;1-6-31-15-26-25(31)16-32(26)22-8-7-17(2)24(12-22)27(33)29-18(3)19-9-20(11-23(10-19)34-5)21-13-28-30(4)14-21/h5-6,11-15,17,21-22H,7-10,16,18-19H2,1-4H3,(H,31,35);7-14,18,25-26H,6,15-16H2,1-5H3,(H,29,33). The summed E-state index contributed by atoms with van der Waals surface area (Å²) in [5, 5.41) is 15.0. The first-order chi connectivity index (χ1) is 34.3. The van der Waals surface area contributed by atoms with Crippen LogP contribution < -0.4 is 29.9 Å². The van der Waals surface area contributed by atoms with Crippen LogP contribution >= 0.6 is 0 Å². The van der Waals surface area contributed by atoms with Gasteiger partial charge in [0.05, 0.1) is 58.0 Å². The molecule has 0 spiro atoms. The molecule has 4 aliphatic rings. The van der Waals surface area contributed by atoms with E-state index in [-0.39, 0.29) is 23.9 Å². The number of likely N-dealkylation sites (N-methyl/N-ethyl adjacent to an activating group) is 1. The molecule has 2 amide bonds. The zero-order chi connectivity index (χ0) is 49.9. The van der Waals surface area contributed by atoms with Crippen LogP contribution in [0.25, 0.3) is 22.3 Å². The van der Waals surface area contributed by atoms with E-state index < -0.39 is 0 Å². The third-order valence-electron chi connectivity index (χ3n) is 14.8. The average molecular weight is 963 g/mol. The number of nitrogens with zero attached hydrogens (tertiary/aromatic N) is 8. The maximum Gasteiger partial charge on any atom is 0.252 e. The summed E-state index contributed by atoms with van der Waals surface area (Å²) in [5.74, 6) is 2.07. The van der Waals surface area contributed by atoms with Crippen molar-refractivity contribution in [1.82, 2.24) is 40.0 Å². The number of aryl methyl sites for hydroxylation is 4. The highest BCUT2D eigenvalue weighted by Crippen LogP contribution is 2.38. The quantitative estimate of drug-likeness (QED) is 0.106. The topological polar surface area (TPSA) is 134 Å². The average Bonchev–Trinajstić information content (AvgIpc) is 4.01. The molecule has 4 aliphatic heterocycles. The second-order valence-electron chi connectivity index (χ2n) is 19.7. The summed E-state index contributed by atoms with van der Waals surface area (Å²) in [5.41, 5.74) is 11.6. The van der Waals surface area contributed by atoms with Crippen LogP contribution in [0.15, 0.2) is 97.6 Å². The van der Waals surface area contributed by atoms with E-state index in [9.17, 15) is 9.59 Å². The first-order valence-corrected chi connectivity index (χ1v) is 25.0. The molecule has 6 aromatic rings. The van der Waals surface area contributed by atoms with Gasteiger partial charge in [-0.05, 0) is 128 Å². The Morgan fingerprint density at radius 2 is 1.20 bits per heavy atom. The second kappa shape index (κ2) is 21.4. The lowest BCUT2D eigenvalue weighted by atomic mass is 9.84. The summed E-state index contributed by atoms with van der Waals surface area (Å²) >= 11 is 0. The molecule has 4 fully saturated rings. The molecule has 4 aromatic carbocycles. The van der Waals surface area contributed by atoms with E-state index in [1.165, 1.54) is 0 Å². The molecule has 71 heavy (non-hydrogen) atoms. The second-order valence-corrected chi connectivity index (χ2v) is 19.7. The Balaban J connectivity index is 0.000000176. The van der Waals surface area contributed by atoms with E-state index in [0.717, 1.165) is 139 Å². The number of anilines is 2. The number of hydrogen-bond acceptors (Lipinski definition) is 11. The Bertz CT molecular complexity index is 2850. The van der Waals surface area contributed by atoms with Crippen LogP contribution in [0.4, 0.5) is 11.4 Å². The normalized spacial score (nSPS) is 18.7. The smallest absolute Gasteiger partial charge is 0.252 e. The van der Waals surface area contributed by atoms with Gasteiger partial charge < -0.3 is 34.6 Å². The number of carbonyl (C=O) groups excluding carboxylic acids is 2. The van der Waals surface area contributed by atoms with Gasteiger partial charge in [-0.2, -0.15) is 10.2 Å². The van der Waals surface area contributed by atoms with Crippen LogP contribution in [-0.2, 0) is 18.8 Å². The van der Waals surface area contributed by atoms with E-state index in [2.05, 4.69) is 89.8 Å². The minimum atomic E-state index is -0.194. The minimum absolute atomic E-state index is 0.0570. The molecule has 0 bridgehead atoms. The number of fused-ring (bicyclic) bond motifs is 1. The van der Waals surface area contributed by atoms with Crippen molar-refractivity contribution in [3.63, 3.8) is 0 Å². The number of hydrogen-bond donors (Lipinski definition) is 2. The third-order valence-corrected chi connectivity index (χ3v) is 14.8. The first-order valence-electron chi connectivity index (χ1n) is 25.0. The lowest BCUT2D eigenvalue weighted by molar-refractivity contribution is -0.0468. The fourth-order valence-electron chi connectivity index (χ4n) is 10.2. The third kappa shape index (κ3) is 11.0. The number of methoxy groups -OCH3 is 2. The maximum absolute atomic E-state index is 13.4. The van der Waals surface area contributed by atoms with Crippen molar-refractivity contribution >= 4 is 23.2 Å². The molecule has 4 unspecified atom stereocenters.